The van der Waals surface area contributed by atoms with Gasteiger partial charge in [-0.1, -0.05) is 27.5 Å². The normalized spacial score (nSPS) is 9.85. The number of nitrogens with one attached hydrogen (secondary N) is 1. The molecule has 20 heavy (non-hydrogen) atoms. The molecule has 3 N–H and O–H groups in total. The molecule has 0 aliphatic carbocycles. The smallest absolute Gasteiger partial charge is 0.255 e. The van der Waals surface area contributed by atoms with E-state index in [9.17, 15) is 4.79 Å². The van der Waals surface area contributed by atoms with Gasteiger partial charge in [-0.2, -0.15) is 5.26 Å². The summed E-state index contributed by atoms with van der Waals surface area (Å²) < 4.78 is 0.763. The number of nitriles is 1. The summed E-state index contributed by atoms with van der Waals surface area (Å²) in [7, 11) is 0. The Morgan fingerprint density at radius 1 is 1.30 bits per heavy atom. The predicted octanol–water partition coefficient (Wildman–Crippen LogP) is 3.81. The Balaban J connectivity index is 2.30. The molecule has 6 heteroatoms. The maximum Gasteiger partial charge on any atom is 0.255 e. The molecule has 0 saturated heterocycles. The molecule has 0 aliphatic rings. The van der Waals surface area contributed by atoms with Crippen molar-refractivity contribution < 1.29 is 4.79 Å². The van der Waals surface area contributed by atoms with Crippen molar-refractivity contribution >= 4 is 44.8 Å². The molecule has 0 unspecified atom stereocenters. The largest absolute Gasteiger partial charge is 0.399 e. The summed E-state index contributed by atoms with van der Waals surface area (Å²) >= 11 is 9.13. The van der Waals surface area contributed by atoms with Gasteiger partial charge in [0.05, 0.1) is 11.3 Å². The molecule has 4 nitrogen and oxygen atoms in total. The SMILES string of the molecule is N#Cc1cc(Br)ccc1NC(=O)c1cc(N)cc(Cl)c1. The summed E-state index contributed by atoms with van der Waals surface area (Å²) in [5.74, 6) is -0.377. The number of rotatable bonds is 2. The molecule has 0 aromatic heterocycles. The molecule has 0 atom stereocenters. The van der Waals surface area contributed by atoms with E-state index in [2.05, 4.69) is 21.2 Å². The zero-order chi connectivity index (χ0) is 14.7. The number of halogens is 2. The lowest BCUT2D eigenvalue weighted by atomic mass is 10.1. The van der Waals surface area contributed by atoms with Crippen LogP contribution in [-0.4, -0.2) is 5.91 Å². The fraction of sp³-hybridized carbons (Fsp3) is 0. The van der Waals surface area contributed by atoms with Crippen LogP contribution in [0.5, 0.6) is 0 Å². The Morgan fingerprint density at radius 2 is 2.05 bits per heavy atom. The molecule has 0 bridgehead atoms. The Hall–Kier alpha value is -2.03. The lowest BCUT2D eigenvalue weighted by Crippen LogP contribution is -2.13. The first-order valence-corrected chi connectivity index (χ1v) is 6.74. The van der Waals surface area contributed by atoms with Gasteiger partial charge in [0.2, 0.25) is 0 Å². The van der Waals surface area contributed by atoms with Gasteiger partial charge in [-0.25, -0.2) is 0 Å². The van der Waals surface area contributed by atoms with Gasteiger partial charge in [-0.05, 0) is 36.4 Å². The summed E-state index contributed by atoms with van der Waals surface area (Å²) in [6, 6.07) is 11.6. The topological polar surface area (TPSA) is 78.9 Å². The van der Waals surface area contributed by atoms with E-state index < -0.39 is 0 Å². The van der Waals surface area contributed by atoms with Crippen LogP contribution >= 0.6 is 27.5 Å². The Morgan fingerprint density at radius 3 is 2.70 bits per heavy atom. The van der Waals surface area contributed by atoms with Crippen molar-refractivity contribution in [2.24, 2.45) is 0 Å². The zero-order valence-corrected chi connectivity index (χ0v) is 12.5. The van der Waals surface area contributed by atoms with Crippen LogP contribution in [0.3, 0.4) is 0 Å². The lowest BCUT2D eigenvalue weighted by Gasteiger charge is -2.08. The molecule has 0 saturated carbocycles. The van der Waals surface area contributed by atoms with Crippen LogP contribution in [-0.2, 0) is 0 Å². The third-order valence-electron chi connectivity index (χ3n) is 2.53. The van der Waals surface area contributed by atoms with Crippen molar-refractivity contribution in [2.45, 2.75) is 0 Å². The number of benzene rings is 2. The number of amides is 1. The average Bonchev–Trinajstić information content (AvgIpc) is 2.39. The number of carbonyl (C=O) groups is 1. The Kier molecular flexibility index (Phi) is 4.28. The van der Waals surface area contributed by atoms with Crippen LogP contribution in [0.1, 0.15) is 15.9 Å². The summed E-state index contributed by atoms with van der Waals surface area (Å²) in [4.78, 5) is 12.1. The quantitative estimate of drug-likeness (QED) is 0.808. The maximum absolute atomic E-state index is 12.1. The van der Waals surface area contributed by atoms with E-state index in [0.29, 0.717) is 27.5 Å². The summed E-state index contributed by atoms with van der Waals surface area (Å²) in [6.07, 6.45) is 0. The van der Waals surface area contributed by atoms with Crippen LogP contribution in [0.2, 0.25) is 5.02 Å². The van der Waals surface area contributed by atoms with Crippen molar-refractivity contribution in [2.75, 3.05) is 11.1 Å². The first-order valence-electron chi connectivity index (χ1n) is 5.56. The molecule has 2 aromatic carbocycles. The van der Waals surface area contributed by atoms with Crippen LogP contribution < -0.4 is 11.1 Å². The van der Waals surface area contributed by atoms with Crippen molar-refractivity contribution in [1.82, 2.24) is 0 Å². The van der Waals surface area contributed by atoms with E-state index in [0.717, 1.165) is 4.47 Å². The third-order valence-corrected chi connectivity index (χ3v) is 3.24. The zero-order valence-electron chi connectivity index (χ0n) is 10.2. The van der Waals surface area contributed by atoms with Crippen LogP contribution in [0.4, 0.5) is 11.4 Å². The number of hydrogen-bond donors (Lipinski definition) is 2. The van der Waals surface area contributed by atoms with Gasteiger partial charge in [0.25, 0.3) is 5.91 Å². The van der Waals surface area contributed by atoms with Gasteiger partial charge in [-0.15, -0.1) is 0 Å². The van der Waals surface area contributed by atoms with Crippen molar-refractivity contribution in [3.63, 3.8) is 0 Å². The Bertz CT molecular complexity index is 705. The molecule has 0 heterocycles. The predicted molar refractivity (Wildman–Crippen MR) is 82.7 cm³/mol. The van der Waals surface area contributed by atoms with Gasteiger partial charge >= 0.3 is 0 Å². The maximum atomic E-state index is 12.1. The number of hydrogen-bond acceptors (Lipinski definition) is 3. The minimum absolute atomic E-state index is 0.335. The van der Waals surface area contributed by atoms with Crippen LogP contribution in [0.25, 0.3) is 0 Å². The third kappa shape index (κ3) is 3.29. The second-order valence-electron chi connectivity index (χ2n) is 4.03. The van der Waals surface area contributed by atoms with Gasteiger partial charge in [-0.3, -0.25) is 4.79 Å². The molecular weight excluding hydrogens is 342 g/mol. The first kappa shape index (κ1) is 14.4. The molecule has 0 spiro atoms. The summed E-state index contributed by atoms with van der Waals surface area (Å²) in [5, 5.41) is 12.1. The highest BCUT2D eigenvalue weighted by Crippen LogP contribution is 2.22. The van der Waals surface area contributed by atoms with Crippen LogP contribution in [0, 0.1) is 11.3 Å². The van der Waals surface area contributed by atoms with Gasteiger partial charge in [0, 0.05) is 20.7 Å². The second-order valence-corrected chi connectivity index (χ2v) is 5.38. The minimum atomic E-state index is -0.377. The van der Waals surface area contributed by atoms with Crippen molar-refractivity contribution in [3.05, 3.63) is 57.0 Å². The second kappa shape index (κ2) is 5.95. The molecule has 2 rings (SSSR count). The van der Waals surface area contributed by atoms with E-state index in [1.54, 1.807) is 24.3 Å². The number of nitrogen functional groups attached to an aromatic ring is 1. The molecule has 0 fully saturated rings. The van der Waals surface area contributed by atoms with E-state index >= 15 is 0 Å². The number of nitrogens with zero attached hydrogens (tertiary/aromatic N) is 1. The summed E-state index contributed by atoms with van der Waals surface area (Å²) in [5.41, 5.74) is 7.17. The molecule has 0 aliphatic heterocycles. The fourth-order valence-electron chi connectivity index (χ4n) is 1.66. The van der Waals surface area contributed by atoms with Crippen molar-refractivity contribution in [3.8, 4) is 6.07 Å². The number of anilines is 2. The first-order chi connectivity index (χ1) is 9.49. The minimum Gasteiger partial charge on any atom is -0.399 e. The monoisotopic (exact) mass is 349 g/mol. The lowest BCUT2D eigenvalue weighted by molar-refractivity contribution is 0.102. The van der Waals surface area contributed by atoms with Crippen LogP contribution in [0.15, 0.2) is 40.9 Å². The number of nitrogens with two attached hydrogens (primary N) is 1. The standard InChI is InChI=1S/C14H9BrClN3O/c15-10-1-2-13(9(3-10)7-17)19-14(20)8-4-11(16)6-12(18)5-8/h1-6H,18H2,(H,19,20). The highest BCUT2D eigenvalue weighted by atomic mass is 79.9. The highest BCUT2D eigenvalue weighted by molar-refractivity contribution is 9.10. The van der Waals surface area contributed by atoms with Gasteiger partial charge < -0.3 is 11.1 Å². The molecule has 100 valence electrons. The average molecular weight is 351 g/mol. The van der Waals surface area contributed by atoms with Crippen molar-refractivity contribution in [1.29, 1.82) is 5.26 Å². The summed E-state index contributed by atoms with van der Waals surface area (Å²) in [6.45, 7) is 0. The van der Waals surface area contributed by atoms with E-state index in [-0.39, 0.29) is 5.91 Å². The van der Waals surface area contributed by atoms with Gasteiger partial charge in [0.1, 0.15) is 6.07 Å². The van der Waals surface area contributed by atoms with E-state index in [1.807, 2.05) is 6.07 Å². The molecule has 0 radical (unpaired) electrons. The number of carbonyl (C=O) groups excluding carboxylic acids is 1. The van der Waals surface area contributed by atoms with Gasteiger partial charge in [0.15, 0.2) is 0 Å². The van der Waals surface area contributed by atoms with E-state index in [1.165, 1.54) is 12.1 Å². The van der Waals surface area contributed by atoms with E-state index in [4.69, 9.17) is 22.6 Å². The fourth-order valence-corrected chi connectivity index (χ4v) is 2.26. The molecule has 2 aromatic rings. The molecule has 1 amide bonds. The Labute approximate surface area is 129 Å². The molecular formula is C14H9BrClN3O. The highest BCUT2D eigenvalue weighted by Gasteiger charge is 2.11.